The van der Waals surface area contributed by atoms with Crippen molar-refractivity contribution < 1.29 is 19.4 Å². The van der Waals surface area contributed by atoms with Crippen LogP contribution in [0.25, 0.3) is 0 Å². The average Bonchev–Trinajstić information content (AvgIpc) is 2.74. The molecular weight excluding hydrogens is 304 g/mol. The van der Waals surface area contributed by atoms with E-state index in [9.17, 15) is 14.7 Å². The molecule has 2 aliphatic rings. The highest BCUT2D eigenvalue weighted by Gasteiger charge is 2.62. The summed E-state index contributed by atoms with van der Waals surface area (Å²) in [6, 6.07) is 0. The number of allylic oxidation sites excluding steroid dienone is 1. The second kappa shape index (κ2) is 6.62. The molecular formula is C20H32O4. The van der Waals surface area contributed by atoms with Gasteiger partial charge in [-0.2, -0.15) is 0 Å². The Morgan fingerprint density at radius 3 is 2.54 bits per heavy atom. The number of fused-ring (bicyclic) bond motifs is 1. The molecule has 0 bridgehead atoms. The molecule has 0 aliphatic heterocycles. The molecule has 0 amide bonds. The lowest BCUT2D eigenvalue weighted by Gasteiger charge is -2.43. The van der Waals surface area contributed by atoms with Gasteiger partial charge < -0.3 is 9.84 Å². The van der Waals surface area contributed by atoms with Gasteiger partial charge in [-0.25, -0.2) is 0 Å². The third kappa shape index (κ3) is 3.05. The molecule has 0 aromatic heterocycles. The second-order valence-corrected chi connectivity index (χ2v) is 8.38. The van der Waals surface area contributed by atoms with Gasteiger partial charge in [0.1, 0.15) is 6.10 Å². The zero-order valence-electron chi connectivity index (χ0n) is 15.9. The SMILES string of the molecule is CCC(C)C(=O)OC1CC(C)=CC(=O)C2(C)CCC(O)(C(C)C)C12. The maximum absolute atomic E-state index is 12.8. The van der Waals surface area contributed by atoms with E-state index in [0.29, 0.717) is 19.3 Å². The molecule has 0 saturated heterocycles. The summed E-state index contributed by atoms with van der Waals surface area (Å²) in [4.78, 5) is 25.2. The number of ether oxygens (including phenoxy) is 1. The predicted molar refractivity (Wildman–Crippen MR) is 93.3 cm³/mol. The van der Waals surface area contributed by atoms with Crippen LogP contribution in [0.15, 0.2) is 11.6 Å². The topological polar surface area (TPSA) is 63.6 Å². The Kier molecular flexibility index (Phi) is 5.29. The van der Waals surface area contributed by atoms with Gasteiger partial charge in [-0.3, -0.25) is 9.59 Å². The first kappa shape index (κ1) is 19.2. The van der Waals surface area contributed by atoms with Gasteiger partial charge in [0, 0.05) is 17.8 Å². The van der Waals surface area contributed by atoms with Crippen LogP contribution in [0.5, 0.6) is 0 Å². The molecule has 5 unspecified atom stereocenters. The number of hydrogen-bond acceptors (Lipinski definition) is 4. The maximum Gasteiger partial charge on any atom is 0.308 e. The molecule has 5 atom stereocenters. The lowest BCUT2D eigenvalue weighted by atomic mass is 9.67. The van der Waals surface area contributed by atoms with Crippen LogP contribution < -0.4 is 0 Å². The van der Waals surface area contributed by atoms with Gasteiger partial charge in [0.2, 0.25) is 0 Å². The third-order valence-corrected chi connectivity index (χ3v) is 6.39. The number of carbonyl (C=O) groups is 2. The van der Waals surface area contributed by atoms with Crippen molar-refractivity contribution in [1.29, 1.82) is 0 Å². The number of rotatable bonds is 4. The van der Waals surface area contributed by atoms with Crippen molar-refractivity contribution in [1.82, 2.24) is 0 Å². The Hall–Kier alpha value is -1.16. The molecule has 0 spiro atoms. The predicted octanol–water partition coefficient (Wildman–Crippen LogP) is 3.67. The third-order valence-electron chi connectivity index (χ3n) is 6.39. The first-order valence-corrected chi connectivity index (χ1v) is 9.20. The summed E-state index contributed by atoms with van der Waals surface area (Å²) in [5, 5.41) is 11.4. The molecule has 0 heterocycles. The van der Waals surface area contributed by atoms with E-state index >= 15 is 0 Å². The Morgan fingerprint density at radius 2 is 2.00 bits per heavy atom. The van der Waals surface area contributed by atoms with E-state index in [2.05, 4.69) is 0 Å². The Labute approximate surface area is 145 Å². The zero-order chi connectivity index (χ0) is 18.3. The Balaban J connectivity index is 2.45. The molecule has 0 aromatic rings. The van der Waals surface area contributed by atoms with Crippen LogP contribution in [-0.2, 0) is 14.3 Å². The standard InChI is InChI=1S/C20H32O4/c1-7-14(5)18(22)24-15-10-13(4)11-16(21)19(6)8-9-20(23,12(2)3)17(15)19/h11-12,14-15,17,23H,7-10H2,1-6H3. The zero-order valence-corrected chi connectivity index (χ0v) is 15.9. The van der Waals surface area contributed by atoms with Gasteiger partial charge in [-0.05, 0) is 38.2 Å². The molecule has 0 radical (unpaired) electrons. The van der Waals surface area contributed by atoms with Crippen molar-refractivity contribution in [2.45, 2.75) is 78.9 Å². The van der Waals surface area contributed by atoms with Gasteiger partial charge >= 0.3 is 5.97 Å². The van der Waals surface area contributed by atoms with Gasteiger partial charge in [0.25, 0.3) is 0 Å². The van der Waals surface area contributed by atoms with Crippen LogP contribution in [0.3, 0.4) is 0 Å². The van der Waals surface area contributed by atoms with Crippen molar-refractivity contribution in [3.8, 4) is 0 Å². The number of carbonyl (C=O) groups excluding carboxylic acids is 2. The molecule has 1 saturated carbocycles. The molecule has 24 heavy (non-hydrogen) atoms. The highest BCUT2D eigenvalue weighted by atomic mass is 16.5. The fraction of sp³-hybridized carbons (Fsp3) is 0.800. The highest BCUT2D eigenvalue weighted by Crippen LogP contribution is 2.56. The van der Waals surface area contributed by atoms with Gasteiger partial charge in [0.05, 0.1) is 11.5 Å². The minimum atomic E-state index is -0.983. The number of esters is 1. The van der Waals surface area contributed by atoms with E-state index in [1.165, 1.54) is 0 Å². The summed E-state index contributed by atoms with van der Waals surface area (Å²) in [7, 11) is 0. The largest absolute Gasteiger partial charge is 0.461 e. The Bertz CT molecular complexity index is 550. The molecule has 2 rings (SSSR count). The smallest absolute Gasteiger partial charge is 0.308 e. The second-order valence-electron chi connectivity index (χ2n) is 8.38. The maximum atomic E-state index is 12.8. The van der Waals surface area contributed by atoms with Crippen LogP contribution in [0.1, 0.15) is 67.2 Å². The minimum Gasteiger partial charge on any atom is -0.461 e. The number of hydrogen-bond donors (Lipinski definition) is 1. The van der Waals surface area contributed by atoms with Crippen molar-refractivity contribution in [3.63, 3.8) is 0 Å². The molecule has 0 aromatic carbocycles. The van der Waals surface area contributed by atoms with Crippen molar-refractivity contribution >= 4 is 11.8 Å². The quantitative estimate of drug-likeness (QED) is 0.796. The summed E-state index contributed by atoms with van der Waals surface area (Å²) in [6.45, 7) is 11.6. The molecule has 136 valence electrons. The van der Waals surface area contributed by atoms with E-state index < -0.39 is 17.1 Å². The minimum absolute atomic E-state index is 0.000307. The molecule has 1 fully saturated rings. The van der Waals surface area contributed by atoms with Gasteiger partial charge in [-0.1, -0.05) is 40.2 Å². The number of ketones is 1. The summed E-state index contributed by atoms with van der Waals surface area (Å²) in [6.07, 6.45) is 3.68. The van der Waals surface area contributed by atoms with Gasteiger partial charge in [-0.15, -0.1) is 0 Å². The summed E-state index contributed by atoms with van der Waals surface area (Å²) in [5.74, 6) is -0.707. The van der Waals surface area contributed by atoms with E-state index in [4.69, 9.17) is 4.74 Å². The van der Waals surface area contributed by atoms with E-state index in [0.717, 1.165) is 12.0 Å². The normalized spacial score (nSPS) is 37.7. The van der Waals surface area contributed by atoms with Crippen LogP contribution in [0.2, 0.25) is 0 Å². The fourth-order valence-corrected chi connectivity index (χ4v) is 4.40. The van der Waals surface area contributed by atoms with Crippen LogP contribution in [0.4, 0.5) is 0 Å². The molecule has 1 N–H and O–H groups in total. The molecule has 2 aliphatic carbocycles. The first-order valence-electron chi connectivity index (χ1n) is 9.20. The van der Waals surface area contributed by atoms with Crippen molar-refractivity contribution in [2.24, 2.45) is 23.2 Å². The lowest BCUT2D eigenvalue weighted by molar-refractivity contribution is -0.171. The summed E-state index contributed by atoms with van der Waals surface area (Å²) in [5.41, 5.74) is -0.732. The van der Waals surface area contributed by atoms with Crippen LogP contribution >= 0.6 is 0 Å². The van der Waals surface area contributed by atoms with Gasteiger partial charge in [0.15, 0.2) is 5.78 Å². The average molecular weight is 336 g/mol. The highest BCUT2D eigenvalue weighted by molar-refractivity contribution is 5.96. The molecule has 4 heteroatoms. The summed E-state index contributed by atoms with van der Waals surface area (Å²) >= 11 is 0. The Morgan fingerprint density at radius 1 is 1.38 bits per heavy atom. The van der Waals surface area contributed by atoms with Crippen LogP contribution in [-0.4, -0.2) is 28.6 Å². The van der Waals surface area contributed by atoms with Crippen molar-refractivity contribution in [3.05, 3.63) is 11.6 Å². The first-order chi connectivity index (χ1) is 11.1. The van der Waals surface area contributed by atoms with E-state index in [-0.39, 0.29) is 29.5 Å². The van der Waals surface area contributed by atoms with Crippen LogP contribution in [0, 0.1) is 23.2 Å². The van der Waals surface area contributed by atoms with E-state index in [1.54, 1.807) is 6.08 Å². The fourth-order valence-electron chi connectivity index (χ4n) is 4.40. The lowest BCUT2D eigenvalue weighted by Crippen LogP contribution is -2.52. The molecule has 4 nitrogen and oxygen atoms in total. The number of aliphatic hydroxyl groups is 1. The summed E-state index contributed by atoms with van der Waals surface area (Å²) < 4.78 is 5.88. The van der Waals surface area contributed by atoms with E-state index in [1.807, 2.05) is 41.5 Å². The van der Waals surface area contributed by atoms with Crippen molar-refractivity contribution in [2.75, 3.05) is 0 Å². The monoisotopic (exact) mass is 336 g/mol.